The Morgan fingerprint density at radius 1 is 0.700 bits per heavy atom. The van der Waals surface area contributed by atoms with E-state index in [0.717, 1.165) is 12.8 Å². The molecule has 1 N–H and O–H groups in total. The monoisotopic (exact) mass is 259 g/mol. The summed E-state index contributed by atoms with van der Waals surface area (Å²) in [4.78, 5) is 0. The fraction of sp³-hybridized carbons (Fsp3) is 0.158. The maximum absolute atomic E-state index is 3.68. The molecule has 0 amide bonds. The topological polar surface area (TPSA) is 12.0 Å². The zero-order valence-electron chi connectivity index (χ0n) is 11.3. The minimum atomic E-state index is 0.522. The van der Waals surface area contributed by atoms with Crippen molar-refractivity contribution in [3.63, 3.8) is 0 Å². The molecule has 1 aliphatic carbocycles. The van der Waals surface area contributed by atoms with Gasteiger partial charge in [0.2, 0.25) is 0 Å². The molecule has 4 rings (SSSR count). The average molecular weight is 259 g/mol. The Morgan fingerprint density at radius 3 is 2.10 bits per heavy atom. The third kappa shape index (κ3) is 2.05. The lowest BCUT2D eigenvalue weighted by atomic mass is 10.1. The highest BCUT2D eigenvalue weighted by atomic mass is 14.9. The Balaban J connectivity index is 1.57. The van der Waals surface area contributed by atoms with Crippen LogP contribution >= 0.6 is 0 Å². The van der Waals surface area contributed by atoms with Crippen LogP contribution in [0, 0.1) is 0 Å². The lowest BCUT2D eigenvalue weighted by Gasteiger charge is -2.14. The fourth-order valence-electron chi connectivity index (χ4n) is 3.18. The van der Waals surface area contributed by atoms with Crippen LogP contribution in [0.3, 0.4) is 0 Å². The molecular formula is C19H17N. The Labute approximate surface area is 119 Å². The first-order valence-electron chi connectivity index (χ1n) is 7.21. The van der Waals surface area contributed by atoms with Crippen LogP contribution in [0.5, 0.6) is 0 Å². The van der Waals surface area contributed by atoms with Gasteiger partial charge in [0.15, 0.2) is 0 Å². The first-order chi connectivity index (χ1) is 9.88. The third-order valence-corrected chi connectivity index (χ3v) is 4.17. The summed E-state index contributed by atoms with van der Waals surface area (Å²) in [6.07, 6.45) is 2.26. The van der Waals surface area contributed by atoms with Crippen LogP contribution in [0.4, 0.5) is 5.69 Å². The van der Waals surface area contributed by atoms with Crippen molar-refractivity contribution < 1.29 is 0 Å². The highest BCUT2D eigenvalue weighted by Crippen LogP contribution is 2.26. The van der Waals surface area contributed by atoms with Crippen LogP contribution < -0.4 is 5.32 Å². The molecule has 3 aromatic carbocycles. The molecule has 0 aromatic heterocycles. The first kappa shape index (κ1) is 11.5. The van der Waals surface area contributed by atoms with Gasteiger partial charge in [-0.25, -0.2) is 0 Å². The molecule has 0 aliphatic heterocycles. The second kappa shape index (κ2) is 4.68. The summed E-state index contributed by atoms with van der Waals surface area (Å²) in [5.74, 6) is 0. The van der Waals surface area contributed by atoms with E-state index < -0.39 is 0 Å². The molecule has 1 heteroatoms. The highest BCUT2D eigenvalue weighted by molar-refractivity contribution is 5.85. The summed E-state index contributed by atoms with van der Waals surface area (Å²) in [5, 5.41) is 6.28. The van der Waals surface area contributed by atoms with Gasteiger partial charge in [-0.3, -0.25) is 0 Å². The summed E-state index contributed by atoms with van der Waals surface area (Å²) < 4.78 is 0. The molecule has 98 valence electrons. The van der Waals surface area contributed by atoms with E-state index in [1.54, 1.807) is 0 Å². The maximum atomic E-state index is 3.68. The molecule has 0 spiro atoms. The Bertz CT molecular complexity index is 735. The van der Waals surface area contributed by atoms with Crippen molar-refractivity contribution in [1.29, 1.82) is 0 Å². The molecule has 0 unspecified atom stereocenters. The number of rotatable bonds is 2. The zero-order chi connectivity index (χ0) is 13.4. The number of hydrogen-bond donors (Lipinski definition) is 1. The molecule has 0 radical (unpaired) electrons. The van der Waals surface area contributed by atoms with E-state index >= 15 is 0 Å². The quantitative estimate of drug-likeness (QED) is 0.718. The zero-order valence-corrected chi connectivity index (χ0v) is 11.3. The molecule has 0 fully saturated rings. The van der Waals surface area contributed by atoms with Crippen molar-refractivity contribution in [2.45, 2.75) is 18.9 Å². The van der Waals surface area contributed by atoms with Crippen LogP contribution in [-0.2, 0) is 12.8 Å². The minimum Gasteiger partial charge on any atom is -0.382 e. The van der Waals surface area contributed by atoms with Crippen LogP contribution in [0.2, 0.25) is 0 Å². The van der Waals surface area contributed by atoms with Gasteiger partial charge in [-0.15, -0.1) is 0 Å². The van der Waals surface area contributed by atoms with Gasteiger partial charge in [-0.1, -0.05) is 54.6 Å². The van der Waals surface area contributed by atoms with Crippen LogP contribution in [-0.4, -0.2) is 6.04 Å². The van der Waals surface area contributed by atoms with Crippen LogP contribution in [0.1, 0.15) is 11.1 Å². The van der Waals surface area contributed by atoms with Gasteiger partial charge in [-0.2, -0.15) is 0 Å². The minimum absolute atomic E-state index is 0.522. The van der Waals surface area contributed by atoms with Gasteiger partial charge in [0.05, 0.1) is 0 Å². The molecule has 0 atom stereocenters. The first-order valence-corrected chi connectivity index (χ1v) is 7.21. The second-order valence-electron chi connectivity index (χ2n) is 5.58. The predicted molar refractivity (Wildman–Crippen MR) is 85.2 cm³/mol. The van der Waals surface area contributed by atoms with E-state index in [0.29, 0.717) is 6.04 Å². The Morgan fingerprint density at radius 2 is 1.35 bits per heavy atom. The normalized spacial score (nSPS) is 14.4. The van der Waals surface area contributed by atoms with Gasteiger partial charge in [0, 0.05) is 11.7 Å². The van der Waals surface area contributed by atoms with Crippen molar-refractivity contribution in [2.24, 2.45) is 0 Å². The standard InChI is InChI=1S/C19H17N/c1-2-6-15-11-18(10-9-14(15)5-1)20-19-12-16-7-3-4-8-17(16)13-19/h1-11,19-20H,12-13H2. The van der Waals surface area contributed by atoms with Gasteiger partial charge in [0.1, 0.15) is 0 Å². The molecule has 3 aromatic rings. The van der Waals surface area contributed by atoms with E-state index in [4.69, 9.17) is 0 Å². The molecular weight excluding hydrogens is 242 g/mol. The summed E-state index contributed by atoms with van der Waals surface area (Å²) >= 11 is 0. The largest absolute Gasteiger partial charge is 0.382 e. The number of benzene rings is 3. The summed E-state index contributed by atoms with van der Waals surface area (Å²) in [6, 6.07) is 24.4. The Kier molecular flexibility index (Phi) is 2.70. The van der Waals surface area contributed by atoms with Crippen molar-refractivity contribution in [1.82, 2.24) is 0 Å². The SMILES string of the molecule is c1ccc2c(c1)CC(Nc1ccc3ccccc3c1)C2. The average Bonchev–Trinajstić information content (AvgIpc) is 2.89. The van der Waals surface area contributed by atoms with E-state index in [1.807, 2.05) is 0 Å². The molecule has 20 heavy (non-hydrogen) atoms. The van der Waals surface area contributed by atoms with Crippen molar-refractivity contribution >= 4 is 16.5 Å². The highest BCUT2D eigenvalue weighted by Gasteiger charge is 2.20. The van der Waals surface area contributed by atoms with Crippen molar-refractivity contribution in [3.8, 4) is 0 Å². The molecule has 1 aliphatic rings. The van der Waals surface area contributed by atoms with E-state index in [1.165, 1.54) is 27.6 Å². The van der Waals surface area contributed by atoms with Crippen molar-refractivity contribution in [2.75, 3.05) is 5.32 Å². The number of nitrogens with one attached hydrogen (secondary N) is 1. The molecule has 1 nitrogen and oxygen atoms in total. The Hall–Kier alpha value is -2.28. The molecule has 0 saturated carbocycles. The van der Waals surface area contributed by atoms with E-state index in [9.17, 15) is 0 Å². The van der Waals surface area contributed by atoms with Gasteiger partial charge < -0.3 is 5.32 Å². The summed E-state index contributed by atoms with van der Waals surface area (Å²) in [6.45, 7) is 0. The number of anilines is 1. The summed E-state index contributed by atoms with van der Waals surface area (Å²) in [7, 11) is 0. The van der Waals surface area contributed by atoms with Gasteiger partial charge >= 0.3 is 0 Å². The van der Waals surface area contributed by atoms with Crippen LogP contribution in [0.25, 0.3) is 10.8 Å². The molecule has 0 bridgehead atoms. The second-order valence-corrected chi connectivity index (χ2v) is 5.58. The molecule has 0 saturated heterocycles. The molecule has 0 heterocycles. The number of fused-ring (bicyclic) bond motifs is 2. The lowest BCUT2D eigenvalue weighted by Crippen LogP contribution is -2.19. The maximum Gasteiger partial charge on any atom is 0.0348 e. The smallest absolute Gasteiger partial charge is 0.0348 e. The predicted octanol–water partition coefficient (Wildman–Crippen LogP) is 4.42. The van der Waals surface area contributed by atoms with E-state index in [-0.39, 0.29) is 0 Å². The number of hydrogen-bond acceptors (Lipinski definition) is 1. The van der Waals surface area contributed by atoms with E-state index in [2.05, 4.69) is 72.0 Å². The van der Waals surface area contributed by atoms with Gasteiger partial charge in [0.25, 0.3) is 0 Å². The summed E-state index contributed by atoms with van der Waals surface area (Å²) in [5.41, 5.74) is 4.21. The van der Waals surface area contributed by atoms with Crippen LogP contribution in [0.15, 0.2) is 66.7 Å². The van der Waals surface area contributed by atoms with Crippen molar-refractivity contribution in [3.05, 3.63) is 77.9 Å². The fourth-order valence-corrected chi connectivity index (χ4v) is 3.18. The third-order valence-electron chi connectivity index (χ3n) is 4.17. The van der Waals surface area contributed by atoms with Gasteiger partial charge in [-0.05, 0) is 46.9 Å². The lowest BCUT2D eigenvalue weighted by molar-refractivity contribution is 0.774.